The Kier molecular flexibility index (Phi) is 2.83. The van der Waals surface area contributed by atoms with Crippen molar-refractivity contribution in [3.05, 3.63) is 0 Å². The van der Waals surface area contributed by atoms with Gasteiger partial charge < -0.3 is 10.4 Å². The molecule has 0 aliphatic heterocycles. The van der Waals surface area contributed by atoms with Crippen molar-refractivity contribution < 1.29 is 18.7 Å². The van der Waals surface area contributed by atoms with E-state index in [4.69, 9.17) is 5.11 Å². The van der Waals surface area contributed by atoms with Crippen LogP contribution in [0.5, 0.6) is 0 Å². The van der Waals surface area contributed by atoms with Crippen LogP contribution in [-0.2, 0) is 0 Å². The van der Waals surface area contributed by atoms with E-state index in [0.717, 1.165) is 0 Å². The van der Waals surface area contributed by atoms with Gasteiger partial charge in [-0.25, -0.2) is 13.6 Å². The highest BCUT2D eigenvalue weighted by atomic mass is 19.3. The number of carbonyl (C=O) groups is 1. The van der Waals surface area contributed by atoms with Gasteiger partial charge in [0.15, 0.2) is 0 Å². The van der Waals surface area contributed by atoms with Gasteiger partial charge in [0, 0.05) is 12.0 Å². The van der Waals surface area contributed by atoms with Gasteiger partial charge in [-0.05, 0) is 12.8 Å². The quantitative estimate of drug-likeness (QED) is 0.677. The van der Waals surface area contributed by atoms with Gasteiger partial charge in [-0.2, -0.15) is 0 Å². The number of hydrogen-bond donors (Lipinski definition) is 2. The first-order chi connectivity index (χ1) is 5.61. The minimum absolute atomic E-state index is 0.419. The highest BCUT2D eigenvalue weighted by molar-refractivity contribution is 5.64. The van der Waals surface area contributed by atoms with Gasteiger partial charge in [-0.3, -0.25) is 0 Å². The third kappa shape index (κ3) is 2.06. The fourth-order valence-corrected chi connectivity index (χ4v) is 1.63. The maximum Gasteiger partial charge on any atom is 0.404 e. The molecule has 0 spiro atoms. The third-order valence-electron chi connectivity index (χ3n) is 2.20. The fraction of sp³-hybridized carbons (Fsp3) is 0.857. The molecule has 0 unspecified atom stereocenters. The first-order valence-electron chi connectivity index (χ1n) is 3.89. The largest absolute Gasteiger partial charge is 0.465 e. The molecule has 1 aliphatic rings. The molecule has 0 aromatic rings. The first kappa shape index (κ1) is 9.22. The second-order valence-electron chi connectivity index (χ2n) is 2.99. The molecule has 1 aliphatic carbocycles. The summed E-state index contributed by atoms with van der Waals surface area (Å²) in [5, 5.41) is 10.4. The summed E-state index contributed by atoms with van der Waals surface area (Å²) in [5.74, 6) is -0.791. The van der Waals surface area contributed by atoms with Crippen LogP contribution in [0.15, 0.2) is 0 Å². The molecule has 0 radical (unpaired) electrons. The van der Waals surface area contributed by atoms with E-state index in [2.05, 4.69) is 5.32 Å². The lowest BCUT2D eigenvalue weighted by Gasteiger charge is -2.17. The van der Waals surface area contributed by atoms with E-state index in [1.165, 1.54) is 0 Å². The van der Waals surface area contributed by atoms with Gasteiger partial charge in [-0.1, -0.05) is 6.42 Å². The lowest BCUT2D eigenvalue weighted by Crippen LogP contribution is -2.38. The number of hydrogen-bond acceptors (Lipinski definition) is 1. The highest BCUT2D eigenvalue weighted by Gasteiger charge is 2.34. The monoisotopic (exact) mass is 179 g/mol. The molecule has 0 aromatic heterocycles. The molecule has 2 N–H and O–H groups in total. The van der Waals surface area contributed by atoms with Crippen LogP contribution in [0.25, 0.3) is 0 Å². The Balaban J connectivity index is 2.46. The maximum atomic E-state index is 12.2. The molecular formula is C7H11F2NO2. The van der Waals surface area contributed by atoms with Crippen LogP contribution in [0, 0.1) is 5.92 Å². The lowest BCUT2D eigenvalue weighted by atomic mass is 10.1. The molecule has 1 amide bonds. The summed E-state index contributed by atoms with van der Waals surface area (Å²) in [4.78, 5) is 10.2. The summed E-state index contributed by atoms with van der Waals surface area (Å²) in [6.45, 7) is 0. The predicted octanol–water partition coefficient (Wildman–Crippen LogP) is 1.69. The zero-order valence-corrected chi connectivity index (χ0v) is 6.46. The molecule has 5 heteroatoms. The van der Waals surface area contributed by atoms with Crippen LogP contribution in [0.1, 0.15) is 19.3 Å². The summed E-state index contributed by atoms with van der Waals surface area (Å²) < 4.78 is 24.4. The van der Waals surface area contributed by atoms with Gasteiger partial charge in [0.25, 0.3) is 0 Å². The van der Waals surface area contributed by atoms with Gasteiger partial charge in [0.1, 0.15) is 0 Å². The molecule has 12 heavy (non-hydrogen) atoms. The maximum absolute atomic E-state index is 12.2. The average Bonchev–Trinajstić information content (AvgIpc) is 2.33. The average molecular weight is 179 g/mol. The van der Waals surface area contributed by atoms with Crippen LogP contribution in [0.4, 0.5) is 13.6 Å². The van der Waals surface area contributed by atoms with Crippen molar-refractivity contribution in [2.45, 2.75) is 31.7 Å². The normalized spacial score (nSPS) is 29.2. The number of carboxylic acid groups (broad SMARTS) is 1. The van der Waals surface area contributed by atoms with Crippen LogP contribution in [0.2, 0.25) is 0 Å². The van der Waals surface area contributed by atoms with Crippen molar-refractivity contribution in [2.24, 2.45) is 5.92 Å². The Labute approximate surface area is 68.8 Å². The summed E-state index contributed by atoms with van der Waals surface area (Å²) in [7, 11) is 0. The number of halogens is 2. The molecule has 70 valence electrons. The number of nitrogens with one attached hydrogen (secondary N) is 1. The van der Waals surface area contributed by atoms with E-state index in [9.17, 15) is 13.6 Å². The summed E-state index contributed by atoms with van der Waals surface area (Å²) >= 11 is 0. The van der Waals surface area contributed by atoms with Crippen LogP contribution < -0.4 is 5.32 Å². The molecule has 1 fully saturated rings. The van der Waals surface area contributed by atoms with Gasteiger partial charge in [0.2, 0.25) is 6.43 Å². The summed E-state index contributed by atoms with van der Waals surface area (Å²) in [6.07, 6.45) is -2.00. The minimum Gasteiger partial charge on any atom is -0.465 e. The molecular weight excluding hydrogens is 168 g/mol. The molecule has 0 aromatic carbocycles. The van der Waals surface area contributed by atoms with Gasteiger partial charge >= 0.3 is 6.09 Å². The van der Waals surface area contributed by atoms with E-state index >= 15 is 0 Å². The fourth-order valence-electron chi connectivity index (χ4n) is 1.63. The van der Waals surface area contributed by atoms with Crippen molar-refractivity contribution in [1.29, 1.82) is 0 Å². The second kappa shape index (κ2) is 3.69. The molecule has 0 bridgehead atoms. The van der Waals surface area contributed by atoms with E-state index in [1.807, 2.05) is 0 Å². The molecule has 1 rings (SSSR count). The molecule has 0 heterocycles. The van der Waals surface area contributed by atoms with Crippen molar-refractivity contribution in [1.82, 2.24) is 5.32 Å². The lowest BCUT2D eigenvalue weighted by molar-refractivity contribution is 0.0659. The van der Waals surface area contributed by atoms with Crippen molar-refractivity contribution in [3.8, 4) is 0 Å². The third-order valence-corrected chi connectivity index (χ3v) is 2.20. The number of amides is 1. The molecule has 0 saturated heterocycles. The number of rotatable bonds is 2. The second-order valence-corrected chi connectivity index (χ2v) is 2.99. The van der Waals surface area contributed by atoms with E-state index in [0.29, 0.717) is 19.3 Å². The molecule has 3 nitrogen and oxygen atoms in total. The Hall–Kier alpha value is -0.870. The minimum atomic E-state index is -2.41. The smallest absolute Gasteiger partial charge is 0.404 e. The van der Waals surface area contributed by atoms with E-state index < -0.39 is 24.5 Å². The van der Waals surface area contributed by atoms with E-state index in [1.54, 1.807) is 0 Å². The standard InChI is InChI=1S/C7H11F2NO2/c8-6(9)4-2-1-3-5(4)10-7(11)12/h4-6,10H,1-3H2,(H,11,12)/t4-,5-/m1/s1. The van der Waals surface area contributed by atoms with Gasteiger partial charge in [0.05, 0.1) is 0 Å². The zero-order chi connectivity index (χ0) is 9.14. The Morgan fingerprint density at radius 1 is 1.50 bits per heavy atom. The SMILES string of the molecule is O=C(O)N[C@@H]1CCC[C@H]1C(F)F. The van der Waals surface area contributed by atoms with Crippen molar-refractivity contribution in [3.63, 3.8) is 0 Å². The van der Waals surface area contributed by atoms with Crippen molar-refractivity contribution >= 4 is 6.09 Å². The summed E-state index contributed by atoms with van der Waals surface area (Å²) in [5.41, 5.74) is 0. The zero-order valence-electron chi connectivity index (χ0n) is 6.46. The Bertz CT molecular complexity index is 175. The summed E-state index contributed by atoms with van der Waals surface area (Å²) in [6, 6.07) is -0.553. The van der Waals surface area contributed by atoms with E-state index in [-0.39, 0.29) is 0 Å². The Morgan fingerprint density at radius 3 is 2.67 bits per heavy atom. The highest BCUT2D eigenvalue weighted by Crippen LogP contribution is 2.30. The van der Waals surface area contributed by atoms with Crippen LogP contribution >= 0.6 is 0 Å². The molecule has 1 saturated carbocycles. The topological polar surface area (TPSA) is 49.3 Å². The van der Waals surface area contributed by atoms with Crippen molar-refractivity contribution in [2.75, 3.05) is 0 Å². The van der Waals surface area contributed by atoms with Gasteiger partial charge in [-0.15, -0.1) is 0 Å². The predicted molar refractivity (Wildman–Crippen MR) is 38.3 cm³/mol. The first-order valence-corrected chi connectivity index (χ1v) is 3.89. The van der Waals surface area contributed by atoms with Crippen LogP contribution in [-0.4, -0.2) is 23.7 Å². The van der Waals surface area contributed by atoms with Crippen LogP contribution in [0.3, 0.4) is 0 Å². The Morgan fingerprint density at radius 2 is 2.17 bits per heavy atom. The molecule has 2 atom stereocenters. The number of alkyl halides is 2.